The van der Waals surface area contributed by atoms with E-state index in [0.717, 1.165) is 0 Å². The highest BCUT2D eigenvalue weighted by Crippen LogP contribution is 2.25. The number of aliphatic hydroxyl groups excluding tert-OH is 1. The van der Waals surface area contributed by atoms with Crippen LogP contribution in [-0.4, -0.2) is 54.0 Å². The van der Waals surface area contributed by atoms with Gasteiger partial charge in [-0.1, -0.05) is 0 Å². The molecule has 0 amide bonds. The van der Waals surface area contributed by atoms with Crippen LogP contribution in [0.2, 0.25) is 0 Å². The van der Waals surface area contributed by atoms with Crippen LogP contribution in [0, 0.1) is 5.92 Å². The lowest BCUT2D eigenvalue weighted by Gasteiger charge is -2.17. The van der Waals surface area contributed by atoms with Crippen LogP contribution in [0.4, 0.5) is 5.95 Å². The number of aromatic nitrogens is 2. The Morgan fingerprint density at radius 1 is 1.47 bits per heavy atom. The van der Waals surface area contributed by atoms with E-state index in [1.807, 2.05) is 0 Å². The smallest absolute Gasteiger partial charge is 0.246 e. The molecule has 1 aromatic rings. The zero-order chi connectivity index (χ0) is 14.0. The van der Waals surface area contributed by atoms with Crippen molar-refractivity contribution in [2.45, 2.75) is 24.3 Å². The van der Waals surface area contributed by atoms with Gasteiger partial charge in [0.1, 0.15) is 4.90 Å². The molecule has 8 heteroatoms. The summed E-state index contributed by atoms with van der Waals surface area (Å²) in [6, 6.07) is 0. The third-order valence-corrected chi connectivity index (χ3v) is 5.18. The Labute approximate surface area is 112 Å². The van der Waals surface area contributed by atoms with Gasteiger partial charge in [-0.15, -0.1) is 0 Å². The Morgan fingerprint density at radius 2 is 2.11 bits per heavy atom. The van der Waals surface area contributed by atoms with Crippen LogP contribution < -0.4 is 5.32 Å². The maximum absolute atomic E-state index is 12.3. The molecular weight excluding hydrogens is 268 g/mol. The molecule has 1 aliphatic rings. The summed E-state index contributed by atoms with van der Waals surface area (Å²) in [7, 11) is -1.90. The van der Waals surface area contributed by atoms with Crippen molar-refractivity contribution >= 4 is 16.0 Å². The molecule has 0 aliphatic carbocycles. The number of nitrogens with one attached hydrogen (secondary N) is 1. The molecule has 0 radical (unpaired) electrons. The summed E-state index contributed by atoms with van der Waals surface area (Å²) in [5.74, 6) is 0.370. The van der Waals surface area contributed by atoms with Crippen molar-refractivity contribution in [1.29, 1.82) is 0 Å². The summed E-state index contributed by atoms with van der Waals surface area (Å²) in [5, 5.41) is 12.3. The zero-order valence-electron chi connectivity index (χ0n) is 10.9. The predicted molar refractivity (Wildman–Crippen MR) is 70.1 cm³/mol. The molecule has 0 spiro atoms. The van der Waals surface area contributed by atoms with E-state index in [9.17, 15) is 13.5 Å². The van der Waals surface area contributed by atoms with Gasteiger partial charge in [-0.05, 0) is 19.3 Å². The Morgan fingerprint density at radius 3 is 2.58 bits per heavy atom. The van der Waals surface area contributed by atoms with Crippen molar-refractivity contribution in [3.63, 3.8) is 0 Å². The first kappa shape index (κ1) is 14.2. The summed E-state index contributed by atoms with van der Waals surface area (Å²) in [6.07, 6.45) is 2.77. The fraction of sp³-hybridized carbons (Fsp3) is 0.636. The van der Waals surface area contributed by atoms with Crippen molar-refractivity contribution in [3.05, 3.63) is 12.4 Å². The van der Waals surface area contributed by atoms with Crippen LogP contribution in [0.25, 0.3) is 0 Å². The molecule has 19 heavy (non-hydrogen) atoms. The lowest BCUT2D eigenvalue weighted by molar-refractivity contribution is 0.133. The topological polar surface area (TPSA) is 95.4 Å². The number of anilines is 1. The van der Waals surface area contributed by atoms with E-state index >= 15 is 0 Å². The molecular formula is C11H18N4O3S. The molecule has 2 unspecified atom stereocenters. The molecule has 1 aliphatic heterocycles. The summed E-state index contributed by atoms with van der Waals surface area (Å²) < 4.78 is 26.1. The first-order valence-electron chi connectivity index (χ1n) is 6.13. The second kappa shape index (κ2) is 5.40. The number of aliphatic hydroxyl groups is 1. The first-order chi connectivity index (χ1) is 8.95. The molecule has 2 heterocycles. The van der Waals surface area contributed by atoms with Crippen LogP contribution >= 0.6 is 0 Å². The monoisotopic (exact) mass is 286 g/mol. The summed E-state index contributed by atoms with van der Waals surface area (Å²) in [6.45, 7) is 2.45. The molecule has 1 aromatic heterocycles. The minimum Gasteiger partial charge on any atom is -0.393 e. The molecule has 1 fully saturated rings. The number of hydrogen-bond acceptors (Lipinski definition) is 6. The van der Waals surface area contributed by atoms with E-state index in [1.165, 1.54) is 16.7 Å². The van der Waals surface area contributed by atoms with Crippen LogP contribution in [0.5, 0.6) is 0 Å². The molecule has 2 rings (SSSR count). The second-order valence-corrected chi connectivity index (χ2v) is 6.58. The van der Waals surface area contributed by atoms with Gasteiger partial charge >= 0.3 is 0 Å². The summed E-state index contributed by atoms with van der Waals surface area (Å²) in [5.41, 5.74) is 0. The summed E-state index contributed by atoms with van der Waals surface area (Å²) >= 11 is 0. The normalized spacial score (nSPS) is 22.4. The highest BCUT2D eigenvalue weighted by atomic mass is 32.2. The molecule has 7 nitrogen and oxygen atoms in total. The molecule has 106 valence electrons. The molecule has 2 atom stereocenters. The Bertz CT molecular complexity index is 529. The van der Waals surface area contributed by atoms with Crippen molar-refractivity contribution in [1.82, 2.24) is 14.3 Å². The van der Waals surface area contributed by atoms with E-state index in [1.54, 1.807) is 14.0 Å². The van der Waals surface area contributed by atoms with E-state index in [2.05, 4.69) is 15.3 Å². The van der Waals surface area contributed by atoms with Gasteiger partial charge in [0, 0.05) is 20.1 Å². The van der Waals surface area contributed by atoms with E-state index in [4.69, 9.17) is 0 Å². The van der Waals surface area contributed by atoms with Crippen LogP contribution in [0.1, 0.15) is 13.3 Å². The summed E-state index contributed by atoms with van der Waals surface area (Å²) in [4.78, 5) is 7.90. The van der Waals surface area contributed by atoms with Gasteiger partial charge in [0.25, 0.3) is 0 Å². The van der Waals surface area contributed by atoms with Crippen molar-refractivity contribution in [2.75, 3.05) is 25.5 Å². The van der Waals surface area contributed by atoms with Crippen LogP contribution in [-0.2, 0) is 10.0 Å². The molecule has 0 aromatic carbocycles. The number of rotatable bonds is 4. The van der Waals surface area contributed by atoms with E-state index in [-0.39, 0.29) is 10.8 Å². The Balaban J connectivity index is 2.18. The van der Waals surface area contributed by atoms with Crippen LogP contribution in [0.15, 0.2) is 17.3 Å². The van der Waals surface area contributed by atoms with Crippen molar-refractivity contribution in [3.8, 4) is 0 Å². The predicted octanol–water partition coefficient (Wildman–Crippen LogP) is -0.0903. The fourth-order valence-corrected chi connectivity index (χ4v) is 3.50. The quantitative estimate of drug-likeness (QED) is 0.803. The maximum Gasteiger partial charge on any atom is 0.246 e. The average Bonchev–Trinajstić information content (AvgIpc) is 2.89. The minimum absolute atomic E-state index is 0.00715. The van der Waals surface area contributed by atoms with E-state index in [0.29, 0.717) is 25.5 Å². The van der Waals surface area contributed by atoms with Gasteiger partial charge in [0.2, 0.25) is 16.0 Å². The Kier molecular flexibility index (Phi) is 4.02. The molecule has 0 bridgehead atoms. The standard InChI is InChI=1S/C11H18N4O3S/c1-8(16)9-3-4-15(7-9)19(17,18)10-5-13-11(12-2)14-6-10/h5-6,8-9,16H,3-4,7H2,1-2H3,(H,12,13,14). The molecule has 1 saturated heterocycles. The van der Waals surface area contributed by atoms with Gasteiger partial charge in [0.15, 0.2) is 0 Å². The average molecular weight is 286 g/mol. The Hall–Kier alpha value is -1.25. The number of hydrogen-bond donors (Lipinski definition) is 2. The van der Waals surface area contributed by atoms with E-state index < -0.39 is 16.1 Å². The van der Waals surface area contributed by atoms with Gasteiger partial charge in [0.05, 0.1) is 18.5 Å². The van der Waals surface area contributed by atoms with Gasteiger partial charge in [-0.2, -0.15) is 4.31 Å². The maximum atomic E-state index is 12.3. The molecule has 2 N–H and O–H groups in total. The largest absolute Gasteiger partial charge is 0.393 e. The lowest BCUT2D eigenvalue weighted by Crippen LogP contribution is -2.30. The first-order valence-corrected chi connectivity index (χ1v) is 7.57. The fourth-order valence-electron chi connectivity index (χ4n) is 2.09. The minimum atomic E-state index is -3.56. The third kappa shape index (κ3) is 2.85. The van der Waals surface area contributed by atoms with Gasteiger partial charge < -0.3 is 10.4 Å². The molecule has 0 saturated carbocycles. The highest BCUT2D eigenvalue weighted by Gasteiger charge is 2.34. The SMILES string of the molecule is CNc1ncc(S(=O)(=O)N2CCC(C(C)O)C2)cn1. The van der Waals surface area contributed by atoms with Gasteiger partial charge in [-0.25, -0.2) is 18.4 Å². The number of nitrogens with zero attached hydrogens (tertiary/aromatic N) is 3. The second-order valence-electron chi connectivity index (χ2n) is 4.64. The third-order valence-electron chi connectivity index (χ3n) is 3.36. The zero-order valence-corrected chi connectivity index (χ0v) is 11.8. The van der Waals surface area contributed by atoms with Crippen molar-refractivity contribution in [2.24, 2.45) is 5.92 Å². The van der Waals surface area contributed by atoms with Gasteiger partial charge in [-0.3, -0.25) is 0 Å². The lowest BCUT2D eigenvalue weighted by atomic mass is 10.0. The number of sulfonamides is 1. The highest BCUT2D eigenvalue weighted by molar-refractivity contribution is 7.89. The van der Waals surface area contributed by atoms with Crippen LogP contribution in [0.3, 0.4) is 0 Å². The van der Waals surface area contributed by atoms with Crippen molar-refractivity contribution < 1.29 is 13.5 Å².